The molecule has 0 aromatic heterocycles. The lowest BCUT2D eigenvalue weighted by molar-refractivity contribution is -0.121. The average molecular weight is 170 g/mol. The third-order valence-corrected chi connectivity index (χ3v) is 2.70. The number of amides is 1. The van der Waals surface area contributed by atoms with Gasteiger partial charge in [-0.05, 0) is 19.3 Å². The van der Waals surface area contributed by atoms with Crippen LogP contribution in [0.15, 0.2) is 0 Å². The van der Waals surface area contributed by atoms with Crippen molar-refractivity contribution in [2.24, 2.45) is 0 Å². The van der Waals surface area contributed by atoms with E-state index in [1.807, 2.05) is 0 Å². The van der Waals surface area contributed by atoms with Crippen LogP contribution in [0.2, 0.25) is 0 Å². The van der Waals surface area contributed by atoms with Crippen LogP contribution in [0.3, 0.4) is 0 Å². The first kappa shape index (κ1) is 8.01. The van der Waals surface area contributed by atoms with Gasteiger partial charge in [-0.2, -0.15) is 0 Å². The van der Waals surface area contributed by atoms with E-state index in [1.54, 1.807) is 0 Å². The van der Waals surface area contributed by atoms with Gasteiger partial charge in [-0.25, -0.2) is 0 Å². The van der Waals surface area contributed by atoms with Crippen molar-refractivity contribution in [3.63, 3.8) is 0 Å². The molecule has 2 fully saturated rings. The number of carbonyl (C=O) groups excluding carboxylic acids is 1. The number of nitrogens with one attached hydrogen (secondary N) is 2. The van der Waals surface area contributed by atoms with Crippen molar-refractivity contribution in [3.05, 3.63) is 0 Å². The zero-order valence-corrected chi connectivity index (χ0v) is 6.92. The third-order valence-electron chi connectivity index (χ3n) is 2.70. The average Bonchev–Trinajstić information content (AvgIpc) is 2.44. The summed E-state index contributed by atoms with van der Waals surface area (Å²) in [6, 6.07) is 0.0869. The van der Waals surface area contributed by atoms with E-state index in [1.165, 1.54) is 0 Å². The van der Waals surface area contributed by atoms with E-state index in [0.29, 0.717) is 0 Å². The van der Waals surface area contributed by atoms with Crippen molar-refractivity contribution >= 4 is 5.91 Å². The maximum absolute atomic E-state index is 11.1. The minimum Gasteiger partial charge on any atom is -0.392 e. The molecule has 3 atom stereocenters. The number of hydrogen-bond donors (Lipinski definition) is 3. The second kappa shape index (κ2) is 3.03. The molecule has 1 saturated heterocycles. The summed E-state index contributed by atoms with van der Waals surface area (Å²) in [6.45, 7) is 0.763. The predicted molar refractivity (Wildman–Crippen MR) is 43.6 cm³/mol. The molecular formula is C8H14N2O2. The smallest absolute Gasteiger partial charge is 0.237 e. The first-order chi connectivity index (χ1) is 5.77. The number of carbonyl (C=O) groups is 1. The summed E-state index contributed by atoms with van der Waals surface area (Å²) in [5.74, 6) is 0.0779. The van der Waals surface area contributed by atoms with E-state index in [0.717, 1.165) is 25.8 Å². The molecule has 0 bridgehead atoms. The molecule has 68 valence electrons. The van der Waals surface area contributed by atoms with Gasteiger partial charge in [-0.3, -0.25) is 4.79 Å². The molecule has 2 rings (SSSR count). The monoisotopic (exact) mass is 170 g/mol. The van der Waals surface area contributed by atoms with E-state index < -0.39 is 0 Å². The van der Waals surface area contributed by atoms with E-state index in [9.17, 15) is 9.90 Å². The summed E-state index contributed by atoms with van der Waals surface area (Å²) in [4.78, 5) is 11.1. The molecule has 3 unspecified atom stereocenters. The van der Waals surface area contributed by atoms with Gasteiger partial charge in [0.15, 0.2) is 0 Å². The third kappa shape index (κ3) is 1.32. The summed E-state index contributed by atoms with van der Waals surface area (Å²) in [7, 11) is 0. The molecule has 0 aromatic rings. The molecule has 0 radical (unpaired) electrons. The molecule has 3 N–H and O–H groups in total. The van der Waals surface area contributed by atoms with Crippen LogP contribution in [0.25, 0.3) is 0 Å². The van der Waals surface area contributed by atoms with Gasteiger partial charge >= 0.3 is 0 Å². The van der Waals surface area contributed by atoms with Crippen molar-refractivity contribution < 1.29 is 9.90 Å². The summed E-state index contributed by atoms with van der Waals surface area (Å²) < 4.78 is 0. The minimum atomic E-state index is -0.238. The van der Waals surface area contributed by atoms with Crippen LogP contribution in [-0.2, 0) is 4.79 Å². The highest BCUT2D eigenvalue weighted by Crippen LogP contribution is 2.20. The Balaban J connectivity index is 1.82. The molecule has 1 aliphatic heterocycles. The lowest BCUT2D eigenvalue weighted by Crippen LogP contribution is -2.53. The number of aliphatic hydroxyl groups excluding tert-OH is 1. The summed E-state index contributed by atoms with van der Waals surface area (Å²) >= 11 is 0. The highest BCUT2D eigenvalue weighted by molar-refractivity contribution is 5.83. The first-order valence-electron chi connectivity index (χ1n) is 4.49. The maximum Gasteiger partial charge on any atom is 0.237 e. The molecule has 4 heteroatoms. The molecule has 1 aliphatic carbocycles. The fourth-order valence-electron chi connectivity index (χ4n) is 1.69. The van der Waals surface area contributed by atoms with Crippen LogP contribution in [0.4, 0.5) is 0 Å². The highest BCUT2D eigenvalue weighted by Gasteiger charge is 2.34. The molecule has 1 amide bonds. The zero-order valence-electron chi connectivity index (χ0n) is 6.92. The van der Waals surface area contributed by atoms with E-state index in [4.69, 9.17) is 0 Å². The Hall–Kier alpha value is -0.610. The summed E-state index contributed by atoms with van der Waals surface area (Å²) in [5, 5.41) is 15.2. The highest BCUT2D eigenvalue weighted by atomic mass is 16.3. The van der Waals surface area contributed by atoms with Crippen molar-refractivity contribution in [1.82, 2.24) is 10.6 Å². The van der Waals surface area contributed by atoms with Crippen LogP contribution < -0.4 is 10.6 Å². The van der Waals surface area contributed by atoms with E-state index >= 15 is 0 Å². The molecule has 12 heavy (non-hydrogen) atoms. The van der Waals surface area contributed by atoms with Crippen molar-refractivity contribution in [3.8, 4) is 0 Å². The standard InChI is InChI=1S/C8H14N2O2/c11-7-2-1-5(7)10-6-3-4-9-8(6)12/h5-7,10-11H,1-4H2,(H,9,12). The Bertz CT molecular complexity index is 195. The minimum absolute atomic E-state index is 0.0649. The molecule has 0 aromatic carbocycles. The Morgan fingerprint density at radius 1 is 1.42 bits per heavy atom. The number of hydrogen-bond acceptors (Lipinski definition) is 3. The summed E-state index contributed by atoms with van der Waals surface area (Å²) in [5.41, 5.74) is 0. The number of rotatable bonds is 2. The largest absolute Gasteiger partial charge is 0.392 e. The van der Waals surface area contributed by atoms with E-state index in [2.05, 4.69) is 10.6 Å². The van der Waals surface area contributed by atoms with Crippen molar-refractivity contribution in [1.29, 1.82) is 0 Å². The molecule has 2 aliphatic rings. The van der Waals surface area contributed by atoms with Gasteiger partial charge in [0.25, 0.3) is 0 Å². The van der Waals surface area contributed by atoms with Gasteiger partial charge in [0.05, 0.1) is 12.1 Å². The van der Waals surface area contributed by atoms with Crippen LogP contribution >= 0.6 is 0 Å². The number of aliphatic hydroxyl groups is 1. The first-order valence-corrected chi connectivity index (χ1v) is 4.49. The van der Waals surface area contributed by atoms with Crippen molar-refractivity contribution in [2.75, 3.05) is 6.54 Å². The normalized spacial score (nSPS) is 40.8. The molecule has 1 heterocycles. The Morgan fingerprint density at radius 3 is 2.67 bits per heavy atom. The fourth-order valence-corrected chi connectivity index (χ4v) is 1.69. The lowest BCUT2D eigenvalue weighted by Gasteiger charge is -2.34. The van der Waals surface area contributed by atoms with Crippen LogP contribution in [0.1, 0.15) is 19.3 Å². The molecular weight excluding hydrogens is 156 g/mol. The van der Waals surface area contributed by atoms with Gasteiger partial charge in [-0.15, -0.1) is 0 Å². The second-order valence-corrected chi connectivity index (χ2v) is 3.55. The van der Waals surface area contributed by atoms with Crippen molar-refractivity contribution in [2.45, 2.75) is 37.5 Å². The van der Waals surface area contributed by atoms with Crippen LogP contribution in [-0.4, -0.2) is 35.7 Å². The molecule has 0 spiro atoms. The Kier molecular flexibility index (Phi) is 2.02. The SMILES string of the molecule is O=C1NCCC1NC1CCC1O. The van der Waals surface area contributed by atoms with E-state index in [-0.39, 0.29) is 24.1 Å². The van der Waals surface area contributed by atoms with Crippen LogP contribution in [0, 0.1) is 0 Å². The van der Waals surface area contributed by atoms with Gasteiger partial charge in [0.1, 0.15) is 0 Å². The zero-order chi connectivity index (χ0) is 8.55. The summed E-state index contributed by atoms with van der Waals surface area (Å²) in [6.07, 6.45) is 2.47. The molecule has 4 nitrogen and oxygen atoms in total. The van der Waals surface area contributed by atoms with Gasteiger partial charge in [0, 0.05) is 12.6 Å². The topological polar surface area (TPSA) is 61.4 Å². The van der Waals surface area contributed by atoms with Gasteiger partial charge in [0.2, 0.25) is 5.91 Å². The second-order valence-electron chi connectivity index (χ2n) is 3.55. The Labute approximate surface area is 71.3 Å². The fraction of sp³-hybridized carbons (Fsp3) is 0.875. The van der Waals surface area contributed by atoms with Gasteiger partial charge in [-0.1, -0.05) is 0 Å². The van der Waals surface area contributed by atoms with Gasteiger partial charge < -0.3 is 15.7 Å². The molecule has 1 saturated carbocycles. The maximum atomic E-state index is 11.1. The Morgan fingerprint density at radius 2 is 2.25 bits per heavy atom. The lowest BCUT2D eigenvalue weighted by atomic mass is 9.88. The predicted octanol–water partition coefficient (Wildman–Crippen LogP) is -1.01. The quantitative estimate of drug-likeness (QED) is 0.497. The van der Waals surface area contributed by atoms with Crippen LogP contribution in [0.5, 0.6) is 0 Å².